The third kappa shape index (κ3) is 23.3. The summed E-state index contributed by atoms with van der Waals surface area (Å²) in [6.45, 7) is 16.3. The van der Waals surface area contributed by atoms with Crippen molar-refractivity contribution < 1.29 is 122 Å². The van der Waals surface area contributed by atoms with Crippen molar-refractivity contribution in [2.75, 3.05) is 7.05 Å². The van der Waals surface area contributed by atoms with Gasteiger partial charge in [0.05, 0.1) is 91.5 Å². The molecule has 0 bridgehead atoms. The first-order chi connectivity index (χ1) is 40.3. The number of nitrogens with zero attached hydrogens (tertiary/aromatic N) is 1. The van der Waals surface area contributed by atoms with E-state index in [2.05, 4.69) is 6.92 Å². The maximum Gasteiger partial charge on any atom is 0.261 e. The molecule has 2 aliphatic rings. The first kappa shape index (κ1) is 80.7. The van der Waals surface area contributed by atoms with Crippen molar-refractivity contribution in [3.63, 3.8) is 0 Å². The number of Topliss-reactive ketones (excluding diaryl/α,β-unsaturated/α-hetero) is 1. The Morgan fingerprint density at radius 3 is 1.51 bits per heavy atom. The van der Waals surface area contributed by atoms with Crippen molar-refractivity contribution in [3.05, 3.63) is 23.0 Å². The second-order valence-corrected chi connectivity index (χ2v) is 26.4. The highest BCUT2D eigenvalue weighted by molar-refractivity contribution is 6.26. The maximum atomic E-state index is 12.6. The molecule has 87 heavy (non-hydrogen) atoms. The standard InChI is InChI=1S/C62H115NO24/c1-12-13-14-15-16-17-18-19-38(64)28-62(86)60(84)59(83)57(81)47(87-62)27-46(72)56(80)58(82)55(79)45(71)25-40(66)23-39(65)24-41(67)32(5)50(74)33(6)42(68)26-43(69)34(7)51(75)35(8)52(76)36(9)53(77)44(70)22-30(3)20-29(2)21-31(4)49(73)48-54(78)37(10)63(11)61(48)85/h21,29-30,32-47,50-53,55-60,64-77,79-84,86H,12-20,22-28H2,1-11H3/b31-21+,49-48+/t29?,30?,32?,33?,34?,35?,36?,37?,38?,39?,40?,41?,42?,43?,44?,45?,46?,47-,50?,51?,52?,53?,55?,56?,57-,58?,59+,60+,62+/m1/s1. The molecule has 24 unspecified atom stereocenters. The molecule has 0 radical (unpaired) electrons. The Morgan fingerprint density at radius 1 is 0.540 bits per heavy atom. The summed E-state index contributed by atoms with van der Waals surface area (Å²) in [7, 11) is 1.48. The second kappa shape index (κ2) is 37.3. The summed E-state index contributed by atoms with van der Waals surface area (Å²) in [6, 6.07) is -0.694. The summed E-state index contributed by atoms with van der Waals surface area (Å²) < 4.78 is 5.50. The van der Waals surface area contributed by atoms with Crippen molar-refractivity contribution in [1.82, 2.24) is 4.90 Å². The minimum absolute atomic E-state index is 0.112. The lowest BCUT2D eigenvalue weighted by Gasteiger charge is -2.47. The fraction of sp³-hybridized carbons (Fsp3) is 0.903. The fourth-order valence-electron chi connectivity index (χ4n) is 12.3. The molecule has 2 heterocycles. The molecular weight excluding hydrogens is 1140 g/mol. The second-order valence-electron chi connectivity index (χ2n) is 26.4. The average molecular weight is 1260 g/mol. The maximum absolute atomic E-state index is 12.6. The van der Waals surface area contributed by atoms with Gasteiger partial charge in [0.1, 0.15) is 48.0 Å². The lowest BCUT2D eigenvalue weighted by atomic mass is 9.77. The zero-order valence-electron chi connectivity index (χ0n) is 53.1. The molecule has 0 aliphatic carbocycles. The molecule has 25 heteroatoms. The van der Waals surface area contributed by atoms with Gasteiger partial charge in [-0.2, -0.15) is 0 Å². The van der Waals surface area contributed by atoms with Crippen LogP contribution in [-0.4, -0.2) is 265 Å². The van der Waals surface area contributed by atoms with Crippen LogP contribution < -0.4 is 0 Å². The zero-order valence-corrected chi connectivity index (χ0v) is 53.1. The lowest BCUT2D eigenvalue weighted by Crippen LogP contribution is -2.65. The molecule has 1 amide bonds. The molecule has 2 saturated heterocycles. The van der Waals surface area contributed by atoms with E-state index in [0.29, 0.717) is 18.4 Å². The van der Waals surface area contributed by atoms with E-state index < -0.39 is 213 Å². The Balaban J connectivity index is 1.88. The number of carbonyl (C=O) groups excluding carboxylic acids is 2. The average Bonchev–Trinajstić information content (AvgIpc) is 2.13. The van der Waals surface area contributed by atoms with Gasteiger partial charge < -0.3 is 117 Å². The van der Waals surface area contributed by atoms with Gasteiger partial charge in [-0.25, -0.2) is 0 Å². The van der Waals surface area contributed by atoms with Crippen LogP contribution in [0.4, 0.5) is 0 Å². The van der Waals surface area contributed by atoms with E-state index in [1.165, 1.54) is 46.6 Å². The molecule has 2 fully saturated rings. The molecule has 2 aliphatic heterocycles. The summed E-state index contributed by atoms with van der Waals surface area (Å²) in [6.07, 6.45) is -28.2. The van der Waals surface area contributed by atoms with Gasteiger partial charge in [0.25, 0.3) is 5.91 Å². The molecule has 2 rings (SSSR count). The molecule has 0 aromatic heterocycles. The van der Waals surface area contributed by atoms with Crippen LogP contribution in [0.15, 0.2) is 23.0 Å². The number of aliphatic hydroxyl groups excluding tert-OH is 20. The Kier molecular flexibility index (Phi) is 34.6. The summed E-state index contributed by atoms with van der Waals surface area (Å²) in [5.74, 6) is -9.32. The minimum Gasteiger partial charge on any atom is -0.507 e. The Bertz CT molecular complexity index is 2050. The predicted molar refractivity (Wildman–Crippen MR) is 318 cm³/mol. The monoisotopic (exact) mass is 1260 g/mol. The zero-order chi connectivity index (χ0) is 66.9. The number of carbonyl (C=O) groups is 2. The smallest absolute Gasteiger partial charge is 0.261 e. The third-order valence-corrected chi connectivity index (χ3v) is 18.8. The van der Waals surface area contributed by atoms with Gasteiger partial charge >= 0.3 is 0 Å². The molecule has 0 aromatic rings. The van der Waals surface area contributed by atoms with Gasteiger partial charge in [-0.3, -0.25) is 9.59 Å². The van der Waals surface area contributed by atoms with Gasteiger partial charge in [-0.1, -0.05) is 106 Å². The molecule has 0 spiro atoms. The van der Waals surface area contributed by atoms with Crippen molar-refractivity contribution in [1.29, 1.82) is 0 Å². The van der Waals surface area contributed by atoms with Gasteiger partial charge in [-0.15, -0.1) is 0 Å². The van der Waals surface area contributed by atoms with Gasteiger partial charge in [-0.05, 0) is 69.8 Å². The van der Waals surface area contributed by atoms with Crippen molar-refractivity contribution in [3.8, 4) is 0 Å². The summed E-state index contributed by atoms with van der Waals surface area (Å²) in [5, 5.41) is 229. The number of likely N-dealkylation sites (tertiary alicyclic amines) is 1. The third-order valence-electron chi connectivity index (χ3n) is 18.8. The minimum atomic E-state index is -2.59. The van der Waals surface area contributed by atoms with Crippen LogP contribution in [0, 0.1) is 41.4 Å². The van der Waals surface area contributed by atoms with Crippen molar-refractivity contribution in [2.24, 2.45) is 41.4 Å². The number of rotatable bonds is 41. The van der Waals surface area contributed by atoms with Crippen LogP contribution >= 0.6 is 0 Å². The number of ketones is 1. The largest absolute Gasteiger partial charge is 0.507 e. The summed E-state index contributed by atoms with van der Waals surface area (Å²) in [4.78, 5) is 26.4. The van der Waals surface area contributed by atoms with Crippen LogP contribution in [-0.2, 0) is 14.3 Å². The first-order valence-corrected chi connectivity index (χ1v) is 31.5. The van der Waals surface area contributed by atoms with Crippen molar-refractivity contribution in [2.45, 2.75) is 306 Å². The topological polar surface area (TPSA) is 471 Å². The molecule has 21 N–H and O–H groups in total. The van der Waals surface area contributed by atoms with E-state index in [-0.39, 0.29) is 36.7 Å². The molecule has 0 aromatic carbocycles. The number of allylic oxidation sites excluding steroid dienone is 2. The first-order valence-electron chi connectivity index (χ1n) is 31.5. The number of ether oxygens (including phenoxy) is 1. The van der Waals surface area contributed by atoms with Crippen LogP contribution in [0.1, 0.15) is 172 Å². The molecule has 29 atom stereocenters. The van der Waals surface area contributed by atoms with E-state index in [1.54, 1.807) is 19.9 Å². The molecule has 0 saturated carbocycles. The summed E-state index contributed by atoms with van der Waals surface area (Å²) in [5.41, 5.74) is 0.0730. The number of unbranched alkanes of at least 4 members (excludes halogenated alkanes) is 6. The van der Waals surface area contributed by atoms with Crippen LogP contribution in [0.3, 0.4) is 0 Å². The van der Waals surface area contributed by atoms with E-state index in [9.17, 15) is 117 Å². The highest BCUT2D eigenvalue weighted by Crippen LogP contribution is 2.36. The van der Waals surface area contributed by atoms with Gasteiger partial charge in [0.15, 0.2) is 11.6 Å². The Hall–Kier alpha value is -2.42. The van der Waals surface area contributed by atoms with Gasteiger partial charge in [0, 0.05) is 55.9 Å². The SMILES string of the molecule is CCCCCCCCCC(O)C[C@]1(O)O[C@H](CC(O)C(O)C(O)C(O)C(O)CC(O)CC(O)CC(O)C(C)C(O)C(C)C(O)CC(O)C(C)C(O)C(C)C(O)C(C)C(O)C(O)CC(C)CC(C)/C=C(C)/C(O)=C2/C(=O)C(C)N(C)C2=O)[C@@H](O)[C@H](O)[C@@H]1O. The highest BCUT2D eigenvalue weighted by Gasteiger charge is 2.54. The fourth-order valence-corrected chi connectivity index (χ4v) is 12.3. The van der Waals surface area contributed by atoms with Crippen LogP contribution in [0.25, 0.3) is 0 Å². The lowest BCUT2D eigenvalue weighted by molar-refractivity contribution is -0.356. The highest BCUT2D eigenvalue weighted by atomic mass is 16.7. The number of hydrogen-bond donors (Lipinski definition) is 21. The van der Waals surface area contributed by atoms with Crippen molar-refractivity contribution >= 4 is 11.7 Å². The Labute approximate surface area is 513 Å². The normalized spacial score (nSPS) is 29.4. The van der Waals surface area contributed by atoms with Crippen LogP contribution in [0.5, 0.6) is 0 Å². The van der Waals surface area contributed by atoms with E-state index >= 15 is 0 Å². The van der Waals surface area contributed by atoms with Gasteiger partial charge in [0.2, 0.25) is 0 Å². The summed E-state index contributed by atoms with van der Waals surface area (Å²) >= 11 is 0. The molecular formula is C62H115NO24. The number of likely N-dealkylation sites (N-methyl/N-ethyl adjacent to an activating group) is 1. The number of amides is 1. The number of hydrogen-bond acceptors (Lipinski definition) is 24. The number of aliphatic hydroxyl groups is 21. The predicted octanol–water partition coefficient (Wildman–Crippen LogP) is -1.17. The van der Waals surface area contributed by atoms with Crippen LogP contribution in [0.2, 0.25) is 0 Å². The van der Waals surface area contributed by atoms with E-state index in [1.807, 2.05) is 13.8 Å². The molecule has 512 valence electrons. The van der Waals surface area contributed by atoms with E-state index in [4.69, 9.17) is 4.74 Å². The quantitative estimate of drug-likeness (QED) is 0.0148. The van der Waals surface area contributed by atoms with E-state index in [0.717, 1.165) is 38.5 Å². The molecule has 25 nitrogen and oxygen atoms in total. The Morgan fingerprint density at radius 2 is 0.989 bits per heavy atom.